The Kier molecular flexibility index (Phi) is 5.31. The van der Waals surface area contributed by atoms with E-state index in [2.05, 4.69) is 26.0 Å². The van der Waals surface area contributed by atoms with E-state index in [0.717, 1.165) is 17.4 Å². The van der Waals surface area contributed by atoms with E-state index in [9.17, 15) is 13.2 Å². The molecule has 0 amide bonds. The van der Waals surface area contributed by atoms with E-state index in [1.807, 2.05) is 24.3 Å². The number of methoxy groups -OCH3 is 1. The smallest absolute Gasteiger partial charge is 0.417 e. The Morgan fingerprint density at radius 1 is 1.19 bits per heavy atom. The quantitative estimate of drug-likeness (QED) is 0.639. The van der Waals surface area contributed by atoms with E-state index in [0.29, 0.717) is 24.5 Å². The van der Waals surface area contributed by atoms with Gasteiger partial charge in [0.1, 0.15) is 5.75 Å². The Labute approximate surface area is 157 Å². The fourth-order valence-corrected chi connectivity index (χ4v) is 2.92. The van der Waals surface area contributed by atoms with Crippen LogP contribution in [0.1, 0.15) is 17.5 Å². The maximum atomic E-state index is 13.0. The standard InChI is InChI=1S/C18H15BrF3N3O/c1-26-14-5-2-12(3-6-14)11-23-17-8-9-25(24-17)13-4-7-16(19)15(10-13)18(20,21)22/h2-7,10-11H,8-9H2,1H3/b23-11+. The number of anilines is 1. The van der Waals surface area contributed by atoms with Gasteiger partial charge in [-0.1, -0.05) is 15.9 Å². The average molecular weight is 426 g/mol. The number of amidine groups is 1. The fourth-order valence-electron chi connectivity index (χ4n) is 2.45. The van der Waals surface area contributed by atoms with Crippen molar-refractivity contribution in [2.24, 2.45) is 10.1 Å². The molecule has 2 aromatic carbocycles. The molecule has 26 heavy (non-hydrogen) atoms. The first kappa shape index (κ1) is 18.4. The molecule has 0 unspecified atom stereocenters. The van der Waals surface area contributed by atoms with Crippen LogP contribution < -0.4 is 9.75 Å². The van der Waals surface area contributed by atoms with Crippen molar-refractivity contribution in [2.75, 3.05) is 18.7 Å². The third-order valence-corrected chi connectivity index (χ3v) is 4.51. The molecular weight excluding hydrogens is 411 g/mol. The molecule has 0 N–H and O–H groups in total. The van der Waals surface area contributed by atoms with Crippen LogP contribution in [0.2, 0.25) is 0 Å². The number of hydrogen-bond donors (Lipinski definition) is 0. The molecule has 2 aromatic rings. The van der Waals surface area contributed by atoms with Crippen LogP contribution in [0, 0.1) is 0 Å². The topological polar surface area (TPSA) is 37.2 Å². The minimum Gasteiger partial charge on any atom is -0.497 e. The Morgan fingerprint density at radius 3 is 2.58 bits per heavy atom. The highest BCUT2D eigenvalue weighted by Crippen LogP contribution is 2.37. The molecule has 0 saturated heterocycles. The van der Waals surface area contributed by atoms with Gasteiger partial charge in [-0.25, -0.2) is 4.99 Å². The van der Waals surface area contributed by atoms with Gasteiger partial charge in [0.05, 0.1) is 18.4 Å². The number of ether oxygens (including phenoxy) is 1. The first-order valence-corrected chi connectivity index (χ1v) is 8.56. The van der Waals surface area contributed by atoms with E-state index in [-0.39, 0.29) is 4.47 Å². The molecule has 0 fully saturated rings. The first-order valence-electron chi connectivity index (χ1n) is 7.77. The number of alkyl halides is 3. The van der Waals surface area contributed by atoms with Gasteiger partial charge in [-0.15, -0.1) is 0 Å². The Balaban J connectivity index is 1.76. The zero-order chi connectivity index (χ0) is 18.7. The molecule has 0 saturated carbocycles. The summed E-state index contributed by atoms with van der Waals surface area (Å²) in [5, 5.41) is 5.83. The zero-order valence-corrected chi connectivity index (χ0v) is 15.4. The summed E-state index contributed by atoms with van der Waals surface area (Å²) in [5.74, 6) is 1.32. The zero-order valence-electron chi connectivity index (χ0n) is 13.8. The lowest BCUT2D eigenvalue weighted by molar-refractivity contribution is -0.138. The maximum absolute atomic E-state index is 13.0. The summed E-state index contributed by atoms with van der Waals surface area (Å²) < 4.78 is 44.2. The summed E-state index contributed by atoms with van der Waals surface area (Å²) in [4.78, 5) is 4.32. The summed E-state index contributed by atoms with van der Waals surface area (Å²) in [6.07, 6.45) is -2.19. The summed E-state index contributed by atoms with van der Waals surface area (Å²) in [7, 11) is 1.59. The number of hydrogen-bond acceptors (Lipinski definition) is 4. The molecule has 0 atom stereocenters. The predicted octanol–water partition coefficient (Wildman–Crippen LogP) is 5.12. The van der Waals surface area contributed by atoms with Crippen molar-refractivity contribution in [1.82, 2.24) is 0 Å². The molecule has 0 bridgehead atoms. The lowest BCUT2D eigenvalue weighted by Gasteiger charge is -2.16. The monoisotopic (exact) mass is 425 g/mol. The molecule has 8 heteroatoms. The van der Waals surface area contributed by atoms with Crippen LogP contribution in [0.5, 0.6) is 5.75 Å². The Bertz CT molecular complexity index is 848. The molecule has 1 aliphatic rings. The van der Waals surface area contributed by atoms with Crippen LogP contribution in [-0.4, -0.2) is 25.7 Å². The van der Waals surface area contributed by atoms with Gasteiger partial charge in [0.25, 0.3) is 0 Å². The van der Waals surface area contributed by atoms with Crippen LogP contribution in [0.4, 0.5) is 18.9 Å². The van der Waals surface area contributed by atoms with Crippen molar-refractivity contribution in [1.29, 1.82) is 0 Å². The van der Waals surface area contributed by atoms with Crippen LogP contribution in [0.25, 0.3) is 0 Å². The molecular formula is C18H15BrF3N3O. The number of aliphatic imine (C=N–C) groups is 1. The van der Waals surface area contributed by atoms with E-state index >= 15 is 0 Å². The summed E-state index contributed by atoms with van der Waals surface area (Å²) in [5.41, 5.74) is 0.547. The SMILES string of the molecule is COc1ccc(/C=N/C2=NN(c3ccc(Br)c(C(F)(F)F)c3)CC2)cc1. The Morgan fingerprint density at radius 2 is 1.92 bits per heavy atom. The minimum absolute atomic E-state index is 0.00896. The Hall–Kier alpha value is -2.35. The van der Waals surface area contributed by atoms with E-state index in [1.54, 1.807) is 19.4 Å². The van der Waals surface area contributed by atoms with Gasteiger partial charge in [-0.3, -0.25) is 5.01 Å². The summed E-state index contributed by atoms with van der Waals surface area (Å²) in [6, 6.07) is 11.4. The highest BCUT2D eigenvalue weighted by atomic mass is 79.9. The molecule has 0 aliphatic carbocycles. The average Bonchev–Trinajstić information content (AvgIpc) is 3.09. The number of benzene rings is 2. The summed E-state index contributed by atoms with van der Waals surface area (Å²) >= 11 is 2.94. The van der Waals surface area contributed by atoms with Gasteiger partial charge < -0.3 is 4.74 Å². The number of rotatable bonds is 3. The van der Waals surface area contributed by atoms with Crippen molar-refractivity contribution in [3.63, 3.8) is 0 Å². The lowest BCUT2D eigenvalue weighted by Crippen LogP contribution is -2.14. The minimum atomic E-state index is -4.42. The van der Waals surface area contributed by atoms with Gasteiger partial charge in [-0.05, 0) is 48.0 Å². The van der Waals surface area contributed by atoms with Crippen molar-refractivity contribution >= 4 is 33.7 Å². The fraction of sp³-hybridized carbons (Fsp3) is 0.222. The van der Waals surface area contributed by atoms with Crippen molar-refractivity contribution < 1.29 is 17.9 Å². The highest BCUT2D eigenvalue weighted by Gasteiger charge is 2.33. The second kappa shape index (κ2) is 7.49. The van der Waals surface area contributed by atoms with Gasteiger partial charge in [0.15, 0.2) is 5.84 Å². The highest BCUT2D eigenvalue weighted by molar-refractivity contribution is 9.10. The molecule has 4 nitrogen and oxygen atoms in total. The van der Waals surface area contributed by atoms with Crippen molar-refractivity contribution in [3.8, 4) is 5.75 Å². The molecule has 1 heterocycles. The molecule has 136 valence electrons. The van der Waals surface area contributed by atoms with Crippen LogP contribution in [0.15, 0.2) is 57.0 Å². The first-order chi connectivity index (χ1) is 12.4. The van der Waals surface area contributed by atoms with E-state index in [1.165, 1.54) is 11.1 Å². The van der Waals surface area contributed by atoms with Crippen LogP contribution in [0.3, 0.4) is 0 Å². The third kappa shape index (κ3) is 4.24. The van der Waals surface area contributed by atoms with Crippen LogP contribution >= 0.6 is 15.9 Å². The van der Waals surface area contributed by atoms with Crippen molar-refractivity contribution in [2.45, 2.75) is 12.6 Å². The number of hydrazone groups is 1. The lowest BCUT2D eigenvalue weighted by atomic mass is 10.2. The van der Waals surface area contributed by atoms with Gasteiger partial charge in [0.2, 0.25) is 0 Å². The molecule has 0 radical (unpaired) electrons. The second-order valence-corrected chi connectivity index (χ2v) is 6.44. The van der Waals surface area contributed by atoms with Gasteiger partial charge in [0, 0.05) is 23.7 Å². The number of nitrogens with zero attached hydrogens (tertiary/aromatic N) is 3. The molecule has 1 aliphatic heterocycles. The maximum Gasteiger partial charge on any atom is 0.417 e. The largest absolute Gasteiger partial charge is 0.497 e. The normalized spacial score (nSPS) is 14.8. The van der Waals surface area contributed by atoms with Gasteiger partial charge >= 0.3 is 6.18 Å². The van der Waals surface area contributed by atoms with Gasteiger partial charge in [-0.2, -0.15) is 18.3 Å². The van der Waals surface area contributed by atoms with Crippen molar-refractivity contribution in [3.05, 3.63) is 58.1 Å². The third-order valence-electron chi connectivity index (χ3n) is 3.82. The summed E-state index contributed by atoms with van der Waals surface area (Å²) in [6.45, 7) is 0.480. The molecule has 0 spiro atoms. The van der Waals surface area contributed by atoms with E-state index < -0.39 is 11.7 Å². The van der Waals surface area contributed by atoms with E-state index in [4.69, 9.17) is 4.74 Å². The molecule has 0 aromatic heterocycles. The molecule has 3 rings (SSSR count). The predicted molar refractivity (Wildman–Crippen MR) is 99.1 cm³/mol. The second-order valence-electron chi connectivity index (χ2n) is 5.58. The van der Waals surface area contributed by atoms with Crippen LogP contribution in [-0.2, 0) is 6.18 Å². The number of halogens is 4.